The molecule has 0 spiro atoms. The second-order valence-corrected chi connectivity index (χ2v) is 7.69. The third-order valence-electron chi connectivity index (χ3n) is 3.54. The third kappa shape index (κ3) is 2.25. The number of aromatic nitrogens is 2. The number of thiazole rings is 1. The van der Waals surface area contributed by atoms with Gasteiger partial charge in [0.2, 0.25) is 0 Å². The molecular formula is C11H15ClN4O2S2. The van der Waals surface area contributed by atoms with Crippen LogP contribution in [-0.2, 0) is 10.0 Å². The van der Waals surface area contributed by atoms with Crippen molar-refractivity contribution in [3.63, 3.8) is 0 Å². The van der Waals surface area contributed by atoms with Crippen LogP contribution in [0.2, 0.25) is 5.15 Å². The molecule has 0 saturated carbocycles. The number of sulfonamides is 1. The Kier molecular flexibility index (Phi) is 3.76. The van der Waals surface area contributed by atoms with Crippen LogP contribution in [0.4, 0.5) is 0 Å². The second-order valence-electron chi connectivity index (χ2n) is 4.60. The normalized spacial score (nSPS) is 18.9. The van der Waals surface area contributed by atoms with Crippen molar-refractivity contribution in [1.29, 1.82) is 0 Å². The van der Waals surface area contributed by atoms with Crippen LogP contribution in [0.1, 0.15) is 6.92 Å². The Morgan fingerprint density at radius 3 is 2.70 bits per heavy atom. The molecule has 6 nitrogen and oxygen atoms in total. The zero-order valence-electron chi connectivity index (χ0n) is 11.0. The summed E-state index contributed by atoms with van der Waals surface area (Å²) in [5.74, 6) is 0. The van der Waals surface area contributed by atoms with E-state index in [0.717, 1.165) is 19.6 Å². The summed E-state index contributed by atoms with van der Waals surface area (Å²) in [5.41, 5.74) is 0. The molecule has 0 N–H and O–H groups in total. The van der Waals surface area contributed by atoms with Gasteiger partial charge in [-0.25, -0.2) is 13.4 Å². The number of fused-ring (bicyclic) bond motifs is 1. The minimum atomic E-state index is -3.60. The quantitative estimate of drug-likeness (QED) is 0.850. The Morgan fingerprint density at radius 2 is 2.05 bits per heavy atom. The van der Waals surface area contributed by atoms with Crippen molar-refractivity contribution in [2.24, 2.45) is 0 Å². The number of nitrogens with zero attached hydrogens (tertiary/aromatic N) is 4. The van der Waals surface area contributed by atoms with Crippen LogP contribution in [0, 0.1) is 0 Å². The maximum absolute atomic E-state index is 12.7. The second kappa shape index (κ2) is 5.27. The smallest absolute Gasteiger partial charge is 0.262 e. The van der Waals surface area contributed by atoms with E-state index in [1.54, 1.807) is 16.0 Å². The predicted octanol–water partition coefficient (Wildman–Crippen LogP) is 1.38. The molecule has 0 amide bonds. The molecule has 1 fully saturated rings. The average molecular weight is 335 g/mol. The fourth-order valence-electron chi connectivity index (χ4n) is 2.38. The molecule has 2 aromatic heterocycles. The Balaban J connectivity index is 1.96. The van der Waals surface area contributed by atoms with E-state index >= 15 is 0 Å². The van der Waals surface area contributed by atoms with Crippen molar-refractivity contribution in [2.75, 3.05) is 32.7 Å². The summed E-state index contributed by atoms with van der Waals surface area (Å²) in [5, 5.41) is 1.93. The third-order valence-corrected chi connectivity index (χ3v) is 6.60. The monoisotopic (exact) mass is 334 g/mol. The summed E-state index contributed by atoms with van der Waals surface area (Å²) >= 11 is 7.39. The van der Waals surface area contributed by atoms with E-state index in [-0.39, 0.29) is 10.2 Å². The molecule has 3 rings (SSSR count). The fourth-order valence-corrected chi connectivity index (χ4v) is 5.21. The summed E-state index contributed by atoms with van der Waals surface area (Å²) in [6.07, 6.45) is 1.69. The molecule has 2 aromatic rings. The van der Waals surface area contributed by atoms with Gasteiger partial charge in [0, 0.05) is 37.8 Å². The van der Waals surface area contributed by atoms with Gasteiger partial charge >= 0.3 is 0 Å². The van der Waals surface area contributed by atoms with Crippen molar-refractivity contribution in [3.8, 4) is 0 Å². The van der Waals surface area contributed by atoms with Crippen LogP contribution >= 0.6 is 22.9 Å². The van der Waals surface area contributed by atoms with Gasteiger partial charge in [-0.15, -0.1) is 11.3 Å². The van der Waals surface area contributed by atoms with E-state index in [0.29, 0.717) is 18.1 Å². The summed E-state index contributed by atoms with van der Waals surface area (Å²) in [4.78, 5) is 6.92. The Labute approximate surface area is 126 Å². The first kappa shape index (κ1) is 14.3. The van der Waals surface area contributed by atoms with Gasteiger partial charge in [-0.2, -0.15) is 4.31 Å². The molecule has 1 aliphatic heterocycles. The van der Waals surface area contributed by atoms with E-state index in [9.17, 15) is 8.42 Å². The van der Waals surface area contributed by atoms with Crippen molar-refractivity contribution in [1.82, 2.24) is 18.6 Å². The number of rotatable bonds is 3. The lowest BCUT2D eigenvalue weighted by atomic mass is 10.4. The number of imidazole rings is 1. The van der Waals surface area contributed by atoms with Crippen molar-refractivity contribution in [3.05, 3.63) is 16.7 Å². The largest absolute Gasteiger partial charge is 0.301 e. The van der Waals surface area contributed by atoms with Gasteiger partial charge < -0.3 is 4.90 Å². The van der Waals surface area contributed by atoms with Crippen LogP contribution in [0.25, 0.3) is 4.96 Å². The molecule has 0 aliphatic carbocycles. The minimum Gasteiger partial charge on any atom is -0.301 e. The molecule has 1 saturated heterocycles. The number of likely N-dealkylation sites (N-methyl/N-ethyl adjacent to an activating group) is 1. The highest BCUT2D eigenvalue weighted by atomic mass is 35.5. The van der Waals surface area contributed by atoms with Crippen LogP contribution in [0.3, 0.4) is 0 Å². The molecule has 9 heteroatoms. The zero-order chi connectivity index (χ0) is 14.3. The number of hydrogen-bond acceptors (Lipinski definition) is 5. The predicted molar refractivity (Wildman–Crippen MR) is 79.0 cm³/mol. The van der Waals surface area contributed by atoms with Gasteiger partial charge in [-0.1, -0.05) is 18.5 Å². The molecular weight excluding hydrogens is 320 g/mol. The van der Waals surface area contributed by atoms with Crippen molar-refractivity contribution < 1.29 is 8.42 Å². The van der Waals surface area contributed by atoms with Crippen molar-refractivity contribution >= 4 is 37.9 Å². The van der Waals surface area contributed by atoms with Crippen LogP contribution in [0.5, 0.6) is 0 Å². The number of halogens is 1. The molecule has 110 valence electrons. The standard InChI is InChI=1S/C11H15ClN4O2S2/c1-2-14-3-5-15(6-4-14)20(17,18)10-9(12)13-11-16(10)7-8-19-11/h7-8H,2-6H2,1H3. The average Bonchev–Trinajstić information content (AvgIpc) is 2.98. The molecule has 0 radical (unpaired) electrons. The highest BCUT2D eigenvalue weighted by molar-refractivity contribution is 7.89. The molecule has 0 bridgehead atoms. The lowest BCUT2D eigenvalue weighted by molar-refractivity contribution is 0.196. The number of piperazine rings is 1. The first-order chi connectivity index (χ1) is 9.54. The highest BCUT2D eigenvalue weighted by Crippen LogP contribution is 2.28. The summed E-state index contributed by atoms with van der Waals surface area (Å²) in [6.45, 7) is 5.49. The molecule has 3 heterocycles. The van der Waals surface area contributed by atoms with Crippen LogP contribution in [-0.4, -0.2) is 59.7 Å². The molecule has 0 unspecified atom stereocenters. The molecule has 0 atom stereocenters. The van der Waals surface area contributed by atoms with E-state index in [2.05, 4.69) is 16.8 Å². The first-order valence-corrected chi connectivity index (χ1v) is 9.07. The molecule has 20 heavy (non-hydrogen) atoms. The maximum Gasteiger partial charge on any atom is 0.262 e. The first-order valence-electron chi connectivity index (χ1n) is 6.37. The maximum atomic E-state index is 12.7. The van der Waals surface area contributed by atoms with Gasteiger partial charge in [-0.3, -0.25) is 4.40 Å². The Bertz CT molecular complexity index is 716. The van der Waals surface area contributed by atoms with E-state index in [4.69, 9.17) is 11.6 Å². The lowest BCUT2D eigenvalue weighted by Gasteiger charge is -2.32. The van der Waals surface area contributed by atoms with E-state index in [1.165, 1.54) is 15.6 Å². The number of hydrogen-bond donors (Lipinski definition) is 0. The van der Waals surface area contributed by atoms with Gasteiger partial charge in [0.25, 0.3) is 10.0 Å². The highest BCUT2D eigenvalue weighted by Gasteiger charge is 2.33. The summed E-state index contributed by atoms with van der Waals surface area (Å²) in [6, 6.07) is 0. The topological polar surface area (TPSA) is 57.9 Å². The molecule has 1 aliphatic rings. The summed E-state index contributed by atoms with van der Waals surface area (Å²) in [7, 11) is -3.60. The van der Waals surface area contributed by atoms with Crippen LogP contribution in [0.15, 0.2) is 16.6 Å². The summed E-state index contributed by atoms with van der Waals surface area (Å²) < 4.78 is 28.5. The zero-order valence-corrected chi connectivity index (χ0v) is 13.4. The van der Waals surface area contributed by atoms with Gasteiger partial charge in [-0.05, 0) is 6.54 Å². The van der Waals surface area contributed by atoms with E-state index in [1.807, 2.05) is 0 Å². The Morgan fingerprint density at radius 1 is 1.35 bits per heavy atom. The fraction of sp³-hybridized carbons (Fsp3) is 0.545. The lowest BCUT2D eigenvalue weighted by Crippen LogP contribution is -2.48. The van der Waals surface area contributed by atoms with Crippen LogP contribution < -0.4 is 0 Å². The molecule has 0 aromatic carbocycles. The minimum absolute atomic E-state index is 0.0507. The van der Waals surface area contributed by atoms with E-state index < -0.39 is 10.0 Å². The van der Waals surface area contributed by atoms with Crippen molar-refractivity contribution in [2.45, 2.75) is 11.9 Å². The van der Waals surface area contributed by atoms with Gasteiger partial charge in [0.1, 0.15) is 0 Å². The Hall–Kier alpha value is -0.670. The SMILES string of the molecule is CCN1CCN(S(=O)(=O)c2c(Cl)nc3sccn23)CC1. The van der Waals surface area contributed by atoms with Gasteiger partial charge in [0.15, 0.2) is 15.1 Å². The van der Waals surface area contributed by atoms with Gasteiger partial charge in [0.05, 0.1) is 0 Å².